The number of anilines is 1. The van der Waals surface area contributed by atoms with E-state index in [0.29, 0.717) is 48.7 Å². The number of carbonyl (C=O) groups excluding carboxylic acids is 1. The molecule has 0 unspecified atom stereocenters. The fourth-order valence-corrected chi connectivity index (χ4v) is 5.35. The van der Waals surface area contributed by atoms with Gasteiger partial charge >= 0.3 is 0 Å². The molecular weight excluding hydrogens is 480 g/mol. The van der Waals surface area contributed by atoms with Gasteiger partial charge in [-0.05, 0) is 57.1 Å². The summed E-state index contributed by atoms with van der Waals surface area (Å²) in [5.74, 6) is 1.04. The van der Waals surface area contributed by atoms with Crippen LogP contribution in [-0.2, 0) is 4.74 Å². The van der Waals surface area contributed by atoms with E-state index < -0.39 is 0 Å². The molecule has 2 aliphatic heterocycles. The molecule has 3 heterocycles. The maximum absolute atomic E-state index is 13.7. The lowest BCUT2D eigenvalue weighted by Gasteiger charge is -2.29. The molecule has 38 heavy (non-hydrogen) atoms. The Morgan fingerprint density at radius 3 is 2.63 bits per heavy atom. The van der Waals surface area contributed by atoms with Crippen LogP contribution in [0.1, 0.15) is 23.2 Å². The molecule has 4 aromatic rings. The molecule has 8 nitrogen and oxygen atoms in total. The maximum Gasteiger partial charge on any atom is 0.259 e. The average Bonchev–Trinajstić information content (AvgIpc) is 2.94. The number of benzene rings is 3. The van der Waals surface area contributed by atoms with Crippen molar-refractivity contribution in [3.8, 4) is 17.2 Å². The standard InChI is InChI=1S/C30H32N4O4/c1-32(2)14-6-5-13-31-24-11-10-22-27-29(24)38-25-12-9-20-7-3-4-8-21(20)26(25)34(27)19-23(28(22)35)30(36)33-15-17-37-18-16-33/h3-4,7-12,19,31H,5-6,13-18H2,1-2H3. The number of fused-ring (bicyclic) bond motifs is 4. The van der Waals surface area contributed by atoms with Crippen LogP contribution >= 0.6 is 0 Å². The number of nitrogens with zero attached hydrogens (tertiary/aromatic N) is 3. The van der Waals surface area contributed by atoms with Gasteiger partial charge in [-0.2, -0.15) is 0 Å². The van der Waals surface area contributed by atoms with Gasteiger partial charge in [0, 0.05) is 31.2 Å². The first kappa shape index (κ1) is 24.5. The third kappa shape index (κ3) is 4.29. The monoisotopic (exact) mass is 512 g/mol. The molecule has 3 aromatic carbocycles. The van der Waals surface area contributed by atoms with Crippen molar-refractivity contribution in [2.75, 3.05) is 58.8 Å². The average molecular weight is 513 g/mol. The molecule has 0 atom stereocenters. The summed E-state index contributed by atoms with van der Waals surface area (Å²) in [5, 5.41) is 6.04. The lowest BCUT2D eigenvalue weighted by atomic mass is 10.0. The molecule has 2 aliphatic rings. The van der Waals surface area contributed by atoms with E-state index in [2.05, 4.69) is 30.4 Å². The Morgan fingerprint density at radius 2 is 1.82 bits per heavy atom. The Labute approximate surface area is 221 Å². The highest BCUT2D eigenvalue weighted by molar-refractivity contribution is 6.03. The Balaban J connectivity index is 1.51. The van der Waals surface area contributed by atoms with E-state index >= 15 is 0 Å². The van der Waals surface area contributed by atoms with Gasteiger partial charge in [0.05, 0.1) is 30.0 Å². The zero-order valence-electron chi connectivity index (χ0n) is 21.8. The number of amides is 1. The van der Waals surface area contributed by atoms with Gasteiger partial charge in [-0.1, -0.05) is 30.3 Å². The molecule has 0 spiro atoms. The Bertz CT molecular complexity index is 1590. The minimum atomic E-state index is -0.279. The van der Waals surface area contributed by atoms with Crippen LogP contribution in [0.3, 0.4) is 0 Å². The van der Waals surface area contributed by atoms with Gasteiger partial charge in [-0.15, -0.1) is 0 Å². The summed E-state index contributed by atoms with van der Waals surface area (Å²) in [6, 6.07) is 15.8. The molecule has 196 valence electrons. The number of hydrogen-bond acceptors (Lipinski definition) is 6. The van der Waals surface area contributed by atoms with Gasteiger partial charge in [0.2, 0.25) is 5.43 Å². The van der Waals surface area contributed by atoms with Crippen LogP contribution in [0.4, 0.5) is 5.69 Å². The van der Waals surface area contributed by atoms with Crippen LogP contribution in [-0.4, -0.2) is 73.8 Å². The predicted molar refractivity (Wildman–Crippen MR) is 150 cm³/mol. The molecule has 1 fully saturated rings. The first-order valence-electron chi connectivity index (χ1n) is 13.2. The van der Waals surface area contributed by atoms with Crippen LogP contribution in [0.2, 0.25) is 0 Å². The molecule has 1 N–H and O–H groups in total. The highest BCUT2D eigenvalue weighted by atomic mass is 16.5. The number of hydrogen-bond donors (Lipinski definition) is 1. The molecule has 0 saturated carbocycles. The number of unbranched alkanes of at least 4 members (excludes halogenated alkanes) is 1. The predicted octanol–water partition coefficient (Wildman–Crippen LogP) is 4.48. The summed E-state index contributed by atoms with van der Waals surface area (Å²) in [4.78, 5) is 31.2. The van der Waals surface area contributed by atoms with Gasteiger partial charge in [0.25, 0.3) is 5.91 Å². The number of rotatable bonds is 7. The third-order valence-corrected chi connectivity index (χ3v) is 7.31. The first-order chi connectivity index (χ1) is 18.5. The maximum atomic E-state index is 13.7. The third-order valence-electron chi connectivity index (χ3n) is 7.31. The van der Waals surface area contributed by atoms with E-state index in [-0.39, 0.29) is 16.9 Å². The van der Waals surface area contributed by atoms with Gasteiger partial charge in [-0.25, -0.2) is 0 Å². The minimum absolute atomic E-state index is 0.163. The molecule has 0 radical (unpaired) electrons. The minimum Gasteiger partial charge on any atom is -0.451 e. The van der Waals surface area contributed by atoms with E-state index in [9.17, 15) is 9.59 Å². The van der Waals surface area contributed by atoms with E-state index in [1.165, 1.54) is 0 Å². The summed E-state index contributed by atoms with van der Waals surface area (Å²) in [7, 11) is 4.15. The quantitative estimate of drug-likeness (QED) is 0.324. The second kappa shape index (κ2) is 10.1. The number of carbonyl (C=O) groups is 1. The molecule has 1 amide bonds. The van der Waals surface area contributed by atoms with Crippen LogP contribution in [0.15, 0.2) is 59.5 Å². The van der Waals surface area contributed by atoms with Crippen molar-refractivity contribution in [1.82, 2.24) is 14.4 Å². The molecule has 1 aromatic heterocycles. The largest absolute Gasteiger partial charge is 0.451 e. The second-order valence-electron chi connectivity index (χ2n) is 10.2. The van der Waals surface area contributed by atoms with Crippen molar-refractivity contribution in [2.24, 2.45) is 0 Å². The van der Waals surface area contributed by atoms with E-state index in [0.717, 1.165) is 48.1 Å². The van der Waals surface area contributed by atoms with Crippen molar-refractivity contribution in [3.63, 3.8) is 0 Å². The van der Waals surface area contributed by atoms with Crippen molar-refractivity contribution < 1.29 is 14.3 Å². The van der Waals surface area contributed by atoms with Crippen LogP contribution < -0.4 is 15.5 Å². The topological polar surface area (TPSA) is 76.0 Å². The molecule has 1 saturated heterocycles. The van der Waals surface area contributed by atoms with E-state index in [4.69, 9.17) is 9.47 Å². The van der Waals surface area contributed by atoms with E-state index in [1.807, 2.05) is 47.0 Å². The van der Waals surface area contributed by atoms with Crippen molar-refractivity contribution in [3.05, 3.63) is 70.5 Å². The Kier molecular flexibility index (Phi) is 6.51. The second-order valence-corrected chi connectivity index (χ2v) is 10.2. The summed E-state index contributed by atoms with van der Waals surface area (Å²) in [6.07, 6.45) is 3.80. The van der Waals surface area contributed by atoms with Crippen molar-refractivity contribution in [1.29, 1.82) is 0 Å². The first-order valence-corrected chi connectivity index (χ1v) is 13.2. The summed E-state index contributed by atoms with van der Waals surface area (Å²) < 4.78 is 13.9. The lowest BCUT2D eigenvalue weighted by molar-refractivity contribution is 0.0302. The van der Waals surface area contributed by atoms with Gasteiger partial charge in [-0.3, -0.25) is 9.59 Å². The molecule has 0 aliphatic carbocycles. The fraction of sp³-hybridized carbons (Fsp3) is 0.333. The number of pyridine rings is 1. The number of aromatic nitrogens is 1. The molecule has 0 bridgehead atoms. The SMILES string of the molecule is CN(C)CCCCNc1ccc2c(=O)c(C(=O)N3CCOCC3)cn3c2c1Oc1ccc2ccccc2c1-3. The van der Waals surface area contributed by atoms with Crippen LogP contribution in [0.25, 0.3) is 27.4 Å². The Hall–Kier alpha value is -3.88. The Morgan fingerprint density at radius 1 is 1.00 bits per heavy atom. The van der Waals surface area contributed by atoms with Crippen molar-refractivity contribution >= 4 is 33.3 Å². The number of nitrogens with one attached hydrogen (secondary N) is 1. The summed E-state index contributed by atoms with van der Waals surface area (Å²) in [5.41, 5.74) is 2.23. The lowest BCUT2D eigenvalue weighted by Crippen LogP contribution is -2.42. The number of morpholine rings is 1. The van der Waals surface area contributed by atoms with Crippen LogP contribution in [0.5, 0.6) is 11.5 Å². The van der Waals surface area contributed by atoms with Crippen LogP contribution in [0, 0.1) is 0 Å². The van der Waals surface area contributed by atoms with Gasteiger partial charge < -0.3 is 29.2 Å². The normalized spacial score (nSPS) is 14.6. The van der Waals surface area contributed by atoms with Gasteiger partial charge in [0.15, 0.2) is 11.5 Å². The fourth-order valence-electron chi connectivity index (χ4n) is 5.35. The molecular formula is C30H32N4O4. The highest BCUT2D eigenvalue weighted by Crippen LogP contribution is 2.46. The van der Waals surface area contributed by atoms with Gasteiger partial charge in [0.1, 0.15) is 11.1 Å². The number of ether oxygens (including phenoxy) is 2. The van der Waals surface area contributed by atoms with E-state index in [1.54, 1.807) is 11.1 Å². The zero-order valence-corrected chi connectivity index (χ0v) is 21.8. The zero-order chi connectivity index (χ0) is 26.2. The highest BCUT2D eigenvalue weighted by Gasteiger charge is 2.29. The smallest absolute Gasteiger partial charge is 0.259 e. The molecule has 8 heteroatoms. The molecule has 6 rings (SSSR count). The summed E-state index contributed by atoms with van der Waals surface area (Å²) in [6.45, 7) is 3.72. The summed E-state index contributed by atoms with van der Waals surface area (Å²) >= 11 is 0. The van der Waals surface area contributed by atoms with Crippen molar-refractivity contribution in [2.45, 2.75) is 12.8 Å².